The van der Waals surface area contributed by atoms with Gasteiger partial charge in [-0.15, -0.1) is 0 Å². The Hall–Kier alpha value is -3.44. The van der Waals surface area contributed by atoms with Crippen molar-refractivity contribution in [2.75, 3.05) is 6.61 Å². The number of ether oxygens (including phenoxy) is 4. The molecular weight excluding hydrogens is 510 g/mol. The number of hydrogen-bond acceptors (Lipinski definition) is 10. The first-order valence-corrected chi connectivity index (χ1v) is 12.7. The Morgan fingerprint density at radius 2 is 1.67 bits per heavy atom. The highest BCUT2D eigenvalue weighted by Gasteiger charge is 2.50. The fraction of sp³-hybridized carbons (Fsp3) is 0.571. The first kappa shape index (κ1) is 30.1. The van der Waals surface area contributed by atoms with Crippen LogP contribution in [0, 0.1) is 17.8 Å². The van der Waals surface area contributed by atoms with Gasteiger partial charge in [0.05, 0.1) is 10.8 Å². The Morgan fingerprint density at radius 3 is 2.26 bits per heavy atom. The van der Waals surface area contributed by atoms with Crippen LogP contribution < -0.4 is 15.7 Å². The zero-order valence-electron chi connectivity index (χ0n) is 23.5. The number of carbonyl (C=O) groups is 3. The molecule has 2 heterocycles. The number of esters is 2. The van der Waals surface area contributed by atoms with Gasteiger partial charge in [0, 0.05) is 24.4 Å². The molecule has 1 fully saturated rings. The maximum atomic E-state index is 12.8. The molecule has 1 aromatic carbocycles. The normalized spacial score (nSPS) is 23.7. The Balaban J connectivity index is 1.99. The van der Waals surface area contributed by atoms with Gasteiger partial charge in [-0.3, -0.25) is 14.4 Å². The highest BCUT2D eigenvalue weighted by Crippen LogP contribution is 2.31. The number of amides is 1. The number of hydrogen-bond donors (Lipinski definition) is 2. The summed E-state index contributed by atoms with van der Waals surface area (Å²) in [6.45, 7) is 12.7. The second-order valence-electron chi connectivity index (χ2n) is 11.8. The second kappa shape index (κ2) is 11.4. The Morgan fingerprint density at radius 1 is 1.03 bits per heavy atom. The molecule has 11 heteroatoms. The number of benzene rings is 1. The number of aliphatic hydroxyl groups excluding tert-OH is 1. The van der Waals surface area contributed by atoms with Crippen LogP contribution in [-0.2, 0) is 28.6 Å². The van der Waals surface area contributed by atoms with E-state index in [0.29, 0.717) is 5.39 Å². The zero-order chi connectivity index (χ0) is 29.3. The van der Waals surface area contributed by atoms with Crippen LogP contribution in [0.3, 0.4) is 0 Å². The van der Waals surface area contributed by atoms with Gasteiger partial charge < -0.3 is 33.8 Å². The second-order valence-corrected chi connectivity index (χ2v) is 11.8. The number of aliphatic hydroxyl groups is 1. The summed E-state index contributed by atoms with van der Waals surface area (Å²) in [5, 5.41) is 14.5. The first-order valence-electron chi connectivity index (χ1n) is 12.7. The summed E-state index contributed by atoms with van der Waals surface area (Å²) < 4.78 is 28.4. The molecular formula is C28H37NO10. The maximum Gasteiger partial charge on any atom is 0.336 e. The SMILES string of the molecule is CC(=O)NC1C(OC(=O)C(C)(C)C)[C@@H](O)C(COC(=O)C(C)(C)C)O[C@H]1Oc1ccc2c(C)cc(=O)oc2c1. The van der Waals surface area contributed by atoms with Gasteiger partial charge in [0.1, 0.15) is 36.2 Å². The molecule has 0 radical (unpaired) electrons. The summed E-state index contributed by atoms with van der Waals surface area (Å²) >= 11 is 0. The molecule has 1 aromatic heterocycles. The topological polar surface area (TPSA) is 151 Å². The molecule has 0 saturated carbocycles. The highest BCUT2D eigenvalue weighted by molar-refractivity contribution is 5.81. The van der Waals surface area contributed by atoms with Gasteiger partial charge in [-0.1, -0.05) is 0 Å². The molecule has 0 aliphatic carbocycles. The smallest absolute Gasteiger partial charge is 0.336 e. The van der Waals surface area contributed by atoms with E-state index < -0.39 is 64.9 Å². The van der Waals surface area contributed by atoms with Crippen molar-refractivity contribution >= 4 is 28.8 Å². The van der Waals surface area contributed by atoms with E-state index in [2.05, 4.69) is 5.32 Å². The van der Waals surface area contributed by atoms with Crippen LogP contribution in [0.25, 0.3) is 11.0 Å². The number of carbonyl (C=O) groups excluding carboxylic acids is 3. The molecule has 1 saturated heterocycles. The molecule has 3 rings (SSSR count). The lowest BCUT2D eigenvalue weighted by Crippen LogP contribution is -2.67. The van der Waals surface area contributed by atoms with E-state index in [4.69, 9.17) is 23.4 Å². The number of fused-ring (bicyclic) bond motifs is 1. The van der Waals surface area contributed by atoms with E-state index in [1.54, 1.807) is 60.6 Å². The van der Waals surface area contributed by atoms with Crippen LogP contribution >= 0.6 is 0 Å². The van der Waals surface area contributed by atoms with Gasteiger partial charge >= 0.3 is 17.6 Å². The number of rotatable bonds is 6. The van der Waals surface area contributed by atoms with E-state index in [-0.39, 0.29) is 17.9 Å². The number of nitrogens with one attached hydrogen (secondary N) is 1. The molecule has 1 aliphatic rings. The summed E-state index contributed by atoms with van der Waals surface area (Å²) in [4.78, 5) is 49.3. The minimum Gasteiger partial charge on any atom is -0.462 e. The van der Waals surface area contributed by atoms with Crippen LogP contribution in [0.15, 0.2) is 33.5 Å². The predicted octanol–water partition coefficient (Wildman–Crippen LogP) is 2.62. The Bertz CT molecular complexity index is 1290. The quantitative estimate of drug-likeness (QED) is 0.408. The third kappa shape index (κ3) is 7.36. The van der Waals surface area contributed by atoms with E-state index >= 15 is 0 Å². The summed E-state index contributed by atoms with van der Waals surface area (Å²) in [7, 11) is 0. The highest BCUT2D eigenvalue weighted by atomic mass is 16.7. The monoisotopic (exact) mass is 547 g/mol. The minimum atomic E-state index is -1.47. The molecule has 5 atom stereocenters. The zero-order valence-corrected chi connectivity index (χ0v) is 23.5. The molecule has 0 spiro atoms. The van der Waals surface area contributed by atoms with Crippen molar-refractivity contribution in [3.63, 3.8) is 0 Å². The maximum absolute atomic E-state index is 12.8. The molecule has 1 aliphatic heterocycles. The lowest BCUT2D eigenvalue weighted by Gasteiger charge is -2.44. The molecule has 214 valence electrons. The standard InChI is InChI=1S/C28H37NO10/c1-14-11-20(31)37-18-12-16(9-10-17(14)18)36-24-21(29-15(2)30)23(39-26(34)28(6,7)8)22(32)19(38-24)13-35-25(33)27(3,4)5/h9-12,19,21-24,32H,13H2,1-8H3,(H,29,30)/t19?,21?,22-,23?,24+/m0/s1. The van der Waals surface area contributed by atoms with Crippen LogP contribution in [0.4, 0.5) is 0 Å². The number of aryl methyl sites for hydroxylation is 1. The van der Waals surface area contributed by atoms with Gasteiger partial charge in [0.25, 0.3) is 0 Å². The van der Waals surface area contributed by atoms with Crippen molar-refractivity contribution < 1.29 is 42.9 Å². The molecule has 2 aromatic rings. The van der Waals surface area contributed by atoms with Crippen molar-refractivity contribution in [1.82, 2.24) is 5.32 Å². The summed E-state index contributed by atoms with van der Waals surface area (Å²) in [5.41, 5.74) is -1.26. The third-order valence-corrected chi connectivity index (χ3v) is 6.07. The first-order chi connectivity index (χ1) is 18.0. The van der Waals surface area contributed by atoms with E-state index in [1.807, 2.05) is 0 Å². The molecule has 1 amide bonds. The van der Waals surface area contributed by atoms with Crippen molar-refractivity contribution in [3.05, 3.63) is 40.2 Å². The Kier molecular flexibility index (Phi) is 8.76. The summed E-state index contributed by atoms with van der Waals surface area (Å²) in [6, 6.07) is 5.05. The van der Waals surface area contributed by atoms with E-state index in [0.717, 1.165) is 5.56 Å². The lowest BCUT2D eigenvalue weighted by atomic mass is 9.94. The van der Waals surface area contributed by atoms with Crippen LogP contribution in [-0.4, -0.2) is 60.2 Å². The Labute approximate surface area is 226 Å². The van der Waals surface area contributed by atoms with Gasteiger partial charge in [-0.2, -0.15) is 0 Å². The molecule has 0 bridgehead atoms. The van der Waals surface area contributed by atoms with E-state index in [9.17, 15) is 24.3 Å². The van der Waals surface area contributed by atoms with Crippen LogP contribution in [0.2, 0.25) is 0 Å². The predicted molar refractivity (Wildman–Crippen MR) is 140 cm³/mol. The van der Waals surface area contributed by atoms with Gasteiger partial charge in [-0.05, 0) is 66.2 Å². The molecule has 39 heavy (non-hydrogen) atoms. The average Bonchev–Trinajstić information content (AvgIpc) is 2.79. The molecule has 2 N–H and O–H groups in total. The van der Waals surface area contributed by atoms with Crippen LogP contribution in [0.1, 0.15) is 54.0 Å². The lowest BCUT2D eigenvalue weighted by molar-refractivity contribution is -0.254. The third-order valence-electron chi connectivity index (χ3n) is 6.07. The fourth-order valence-electron chi connectivity index (χ4n) is 3.87. The summed E-state index contributed by atoms with van der Waals surface area (Å²) in [5.74, 6) is -1.42. The van der Waals surface area contributed by atoms with Gasteiger partial charge in [0.15, 0.2) is 6.10 Å². The molecule has 11 nitrogen and oxygen atoms in total. The largest absolute Gasteiger partial charge is 0.462 e. The fourth-order valence-corrected chi connectivity index (χ4v) is 3.87. The van der Waals surface area contributed by atoms with Crippen molar-refractivity contribution in [1.29, 1.82) is 0 Å². The van der Waals surface area contributed by atoms with Crippen LogP contribution in [0.5, 0.6) is 5.75 Å². The average molecular weight is 548 g/mol. The minimum absolute atomic E-state index is 0.222. The van der Waals surface area contributed by atoms with Crippen molar-refractivity contribution in [2.45, 2.75) is 86.0 Å². The van der Waals surface area contributed by atoms with Crippen molar-refractivity contribution in [2.24, 2.45) is 10.8 Å². The van der Waals surface area contributed by atoms with E-state index in [1.165, 1.54) is 19.1 Å². The molecule has 3 unspecified atom stereocenters. The van der Waals surface area contributed by atoms with Gasteiger partial charge in [-0.25, -0.2) is 4.79 Å². The van der Waals surface area contributed by atoms with Gasteiger partial charge in [0.2, 0.25) is 12.2 Å². The van der Waals surface area contributed by atoms with Crippen molar-refractivity contribution in [3.8, 4) is 5.75 Å². The summed E-state index contributed by atoms with van der Waals surface area (Å²) in [6.07, 6.45) is -5.23.